The fraction of sp³-hybridized carbons (Fsp3) is 1.00. The molecule has 3 heteroatoms. The highest BCUT2D eigenvalue weighted by molar-refractivity contribution is 4.82. The SMILES string of the molecule is CCCC(CNC(C)C)N1CCC(N(C)C)CC1. The smallest absolute Gasteiger partial charge is 0.0220 e. The zero-order valence-electron chi connectivity index (χ0n) is 13.1. The first-order valence-electron chi connectivity index (χ1n) is 7.68. The van der Waals surface area contributed by atoms with Crippen molar-refractivity contribution < 1.29 is 0 Å². The summed E-state index contributed by atoms with van der Waals surface area (Å²) >= 11 is 0. The maximum Gasteiger partial charge on any atom is 0.0220 e. The third-order valence-corrected chi connectivity index (χ3v) is 4.13. The minimum atomic E-state index is 0.601. The van der Waals surface area contributed by atoms with Crippen molar-refractivity contribution >= 4 is 0 Å². The van der Waals surface area contributed by atoms with E-state index in [0.717, 1.165) is 18.6 Å². The predicted octanol–water partition coefficient (Wildman–Crippen LogP) is 2.18. The second kappa shape index (κ2) is 8.13. The van der Waals surface area contributed by atoms with Gasteiger partial charge in [0.15, 0.2) is 0 Å². The Hall–Kier alpha value is -0.120. The average molecular weight is 255 g/mol. The van der Waals surface area contributed by atoms with E-state index in [0.29, 0.717) is 6.04 Å². The molecule has 18 heavy (non-hydrogen) atoms. The summed E-state index contributed by atoms with van der Waals surface area (Å²) in [4.78, 5) is 5.09. The molecule has 1 heterocycles. The maximum absolute atomic E-state index is 3.61. The van der Waals surface area contributed by atoms with E-state index in [2.05, 4.69) is 50.0 Å². The van der Waals surface area contributed by atoms with Gasteiger partial charge in [-0.25, -0.2) is 0 Å². The summed E-state index contributed by atoms with van der Waals surface area (Å²) in [6, 6.07) is 2.13. The molecule has 0 aliphatic carbocycles. The van der Waals surface area contributed by atoms with E-state index in [1.807, 2.05) is 0 Å². The first-order chi connectivity index (χ1) is 8.54. The minimum absolute atomic E-state index is 0.601. The molecule has 1 atom stereocenters. The Morgan fingerprint density at radius 3 is 2.28 bits per heavy atom. The van der Waals surface area contributed by atoms with Crippen molar-refractivity contribution in [3.05, 3.63) is 0 Å². The maximum atomic E-state index is 3.61. The average Bonchev–Trinajstić information content (AvgIpc) is 2.34. The van der Waals surface area contributed by atoms with E-state index >= 15 is 0 Å². The van der Waals surface area contributed by atoms with Crippen LogP contribution in [0.4, 0.5) is 0 Å². The van der Waals surface area contributed by atoms with Crippen LogP contribution >= 0.6 is 0 Å². The molecule has 1 aliphatic heterocycles. The molecule has 1 unspecified atom stereocenters. The summed E-state index contributed by atoms with van der Waals surface area (Å²) in [7, 11) is 4.42. The van der Waals surface area contributed by atoms with Crippen molar-refractivity contribution in [2.24, 2.45) is 0 Å². The molecular formula is C15H33N3. The number of likely N-dealkylation sites (tertiary alicyclic amines) is 1. The number of hydrogen-bond donors (Lipinski definition) is 1. The Kier molecular flexibility index (Phi) is 7.20. The van der Waals surface area contributed by atoms with Crippen LogP contribution in [0.1, 0.15) is 46.5 Å². The number of nitrogens with one attached hydrogen (secondary N) is 1. The van der Waals surface area contributed by atoms with Crippen LogP contribution in [-0.2, 0) is 0 Å². The van der Waals surface area contributed by atoms with Crippen molar-refractivity contribution in [1.29, 1.82) is 0 Å². The monoisotopic (exact) mass is 255 g/mol. The van der Waals surface area contributed by atoms with Gasteiger partial charge < -0.3 is 10.2 Å². The molecule has 0 aromatic heterocycles. The van der Waals surface area contributed by atoms with Gasteiger partial charge in [0.2, 0.25) is 0 Å². The molecule has 0 radical (unpaired) electrons. The molecule has 1 N–H and O–H groups in total. The third-order valence-electron chi connectivity index (χ3n) is 4.13. The molecule has 1 saturated heterocycles. The molecule has 1 fully saturated rings. The fourth-order valence-corrected chi connectivity index (χ4v) is 2.89. The Balaban J connectivity index is 2.39. The van der Waals surface area contributed by atoms with Crippen molar-refractivity contribution in [1.82, 2.24) is 15.1 Å². The molecule has 0 spiro atoms. The Morgan fingerprint density at radius 2 is 1.83 bits per heavy atom. The topological polar surface area (TPSA) is 18.5 Å². The Bertz CT molecular complexity index is 208. The molecule has 0 bridgehead atoms. The fourth-order valence-electron chi connectivity index (χ4n) is 2.89. The first-order valence-corrected chi connectivity index (χ1v) is 7.68. The molecule has 1 aliphatic rings. The zero-order valence-corrected chi connectivity index (χ0v) is 13.1. The summed E-state index contributed by atoms with van der Waals surface area (Å²) < 4.78 is 0. The van der Waals surface area contributed by atoms with Crippen LogP contribution in [-0.4, -0.2) is 61.7 Å². The number of piperidine rings is 1. The normalized spacial score (nSPS) is 20.8. The molecule has 108 valence electrons. The lowest BCUT2D eigenvalue weighted by molar-refractivity contribution is 0.102. The first kappa shape index (κ1) is 15.9. The minimum Gasteiger partial charge on any atom is -0.313 e. The van der Waals surface area contributed by atoms with E-state index in [-0.39, 0.29) is 0 Å². The highest BCUT2D eigenvalue weighted by Crippen LogP contribution is 2.18. The quantitative estimate of drug-likeness (QED) is 0.752. The summed E-state index contributed by atoms with van der Waals surface area (Å²) in [6.07, 6.45) is 5.27. The lowest BCUT2D eigenvalue weighted by atomic mass is 10.0. The van der Waals surface area contributed by atoms with Crippen LogP contribution < -0.4 is 5.32 Å². The highest BCUT2D eigenvalue weighted by atomic mass is 15.2. The van der Waals surface area contributed by atoms with Gasteiger partial charge in [-0.15, -0.1) is 0 Å². The molecule has 0 aromatic carbocycles. The van der Waals surface area contributed by atoms with E-state index in [1.54, 1.807) is 0 Å². The van der Waals surface area contributed by atoms with Crippen LogP contribution in [0.3, 0.4) is 0 Å². The Labute approximate surface area is 114 Å². The lowest BCUT2D eigenvalue weighted by Crippen LogP contribution is -2.50. The van der Waals surface area contributed by atoms with Gasteiger partial charge in [0.1, 0.15) is 0 Å². The number of nitrogens with zero attached hydrogens (tertiary/aromatic N) is 2. The van der Waals surface area contributed by atoms with Crippen molar-refractivity contribution in [2.75, 3.05) is 33.7 Å². The van der Waals surface area contributed by atoms with E-state index in [9.17, 15) is 0 Å². The zero-order chi connectivity index (χ0) is 13.5. The van der Waals surface area contributed by atoms with Gasteiger partial charge in [0.05, 0.1) is 0 Å². The molecule has 0 amide bonds. The van der Waals surface area contributed by atoms with Crippen molar-refractivity contribution in [2.45, 2.75) is 64.6 Å². The molecule has 1 rings (SSSR count). The van der Waals surface area contributed by atoms with E-state index < -0.39 is 0 Å². The summed E-state index contributed by atoms with van der Waals surface area (Å²) in [5.41, 5.74) is 0. The van der Waals surface area contributed by atoms with Crippen LogP contribution in [0.25, 0.3) is 0 Å². The standard InChI is InChI=1S/C15H33N3/c1-6-7-15(12-16-13(2)3)18-10-8-14(9-11-18)17(4)5/h13-16H,6-12H2,1-5H3. The van der Waals surface area contributed by atoms with Gasteiger partial charge in [-0.2, -0.15) is 0 Å². The van der Waals surface area contributed by atoms with Gasteiger partial charge in [-0.3, -0.25) is 4.90 Å². The van der Waals surface area contributed by atoms with Crippen LogP contribution in [0, 0.1) is 0 Å². The van der Waals surface area contributed by atoms with Gasteiger partial charge in [-0.05, 0) is 46.4 Å². The molecular weight excluding hydrogens is 222 g/mol. The van der Waals surface area contributed by atoms with Crippen LogP contribution in [0.5, 0.6) is 0 Å². The summed E-state index contributed by atoms with van der Waals surface area (Å²) in [5, 5.41) is 3.61. The van der Waals surface area contributed by atoms with Gasteiger partial charge in [-0.1, -0.05) is 27.2 Å². The summed E-state index contributed by atoms with van der Waals surface area (Å²) in [6.45, 7) is 10.5. The molecule has 0 saturated carbocycles. The second-order valence-electron chi connectivity index (χ2n) is 6.24. The Morgan fingerprint density at radius 1 is 1.22 bits per heavy atom. The van der Waals surface area contributed by atoms with Crippen molar-refractivity contribution in [3.63, 3.8) is 0 Å². The lowest BCUT2D eigenvalue weighted by Gasteiger charge is -2.40. The van der Waals surface area contributed by atoms with Crippen LogP contribution in [0.15, 0.2) is 0 Å². The van der Waals surface area contributed by atoms with Gasteiger partial charge in [0.25, 0.3) is 0 Å². The third kappa shape index (κ3) is 5.25. The predicted molar refractivity (Wildman–Crippen MR) is 80.1 cm³/mol. The second-order valence-corrected chi connectivity index (χ2v) is 6.24. The van der Waals surface area contributed by atoms with Crippen LogP contribution in [0.2, 0.25) is 0 Å². The largest absolute Gasteiger partial charge is 0.313 e. The highest BCUT2D eigenvalue weighted by Gasteiger charge is 2.25. The summed E-state index contributed by atoms with van der Waals surface area (Å²) in [5.74, 6) is 0. The van der Waals surface area contributed by atoms with E-state index in [1.165, 1.54) is 38.8 Å². The molecule has 0 aromatic rings. The number of rotatable bonds is 7. The number of hydrogen-bond acceptors (Lipinski definition) is 3. The molecule has 3 nitrogen and oxygen atoms in total. The van der Waals surface area contributed by atoms with Gasteiger partial charge in [0, 0.05) is 24.7 Å². The van der Waals surface area contributed by atoms with E-state index in [4.69, 9.17) is 0 Å². The van der Waals surface area contributed by atoms with Crippen molar-refractivity contribution in [3.8, 4) is 0 Å². The van der Waals surface area contributed by atoms with Gasteiger partial charge >= 0.3 is 0 Å².